The molecule has 0 heterocycles. The van der Waals surface area contributed by atoms with E-state index in [1.165, 1.54) is 6.07 Å². The van der Waals surface area contributed by atoms with Crippen molar-refractivity contribution < 1.29 is 29.5 Å². The Hall–Kier alpha value is -3.80. The SMILES string of the molecule is CCOc1cc(-c2ccc(O)cc2)c(OCC)c(O)c1-c1ccc(OCC=C(C)C)c(O)c1. The molecule has 33 heavy (non-hydrogen) atoms. The number of hydrogen-bond acceptors (Lipinski definition) is 6. The molecule has 0 aromatic heterocycles. The third-order valence-electron chi connectivity index (χ3n) is 4.96. The molecular weight excluding hydrogens is 420 g/mol. The van der Waals surface area contributed by atoms with E-state index in [1.54, 1.807) is 42.5 Å². The molecule has 0 fully saturated rings. The minimum atomic E-state index is -0.0940. The average molecular weight is 451 g/mol. The number of benzene rings is 3. The van der Waals surface area contributed by atoms with Gasteiger partial charge in [-0.3, -0.25) is 0 Å². The second-order valence-corrected chi connectivity index (χ2v) is 7.66. The van der Waals surface area contributed by atoms with Crippen LogP contribution in [0.15, 0.2) is 60.2 Å². The zero-order valence-corrected chi connectivity index (χ0v) is 19.4. The molecule has 0 radical (unpaired) electrons. The summed E-state index contributed by atoms with van der Waals surface area (Å²) in [7, 11) is 0. The number of rotatable bonds is 9. The van der Waals surface area contributed by atoms with Crippen LogP contribution < -0.4 is 14.2 Å². The molecular formula is C27H30O6. The zero-order chi connectivity index (χ0) is 24.0. The largest absolute Gasteiger partial charge is 0.508 e. The van der Waals surface area contributed by atoms with Crippen molar-refractivity contribution in [3.8, 4) is 56.8 Å². The normalized spacial score (nSPS) is 10.5. The van der Waals surface area contributed by atoms with Crippen molar-refractivity contribution in [1.29, 1.82) is 0 Å². The lowest BCUT2D eigenvalue weighted by atomic mass is 9.96. The third kappa shape index (κ3) is 5.52. The van der Waals surface area contributed by atoms with Gasteiger partial charge in [0.05, 0.1) is 18.8 Å². The van der Waals surface area contributed by atoms with Gasteiger partial charge < -0.3 is 29.5 Å². The Balaban J connectivity index is 2.13. The molecule has 174 valence electrons. The van der Waals surface area contributed by atoms with Crippen LogP contribution in [0.5, 0.6) is 34.5 Å². The van der Waals surface area contributed by atoms with Gasteiger partial charge in [0.15, 0.2) is 23.0 Å². The van der Waals surface area contributed by atoms with Crippen molar-refractivity contribution in [2.75, 3.05) is 19.8 Å². The lowest BCUT2D eigenvalue weighted by Crippen LogP contribution is -2.00. The highest BCUT2D eigenvalue weighted by atomic mass is 16.5. The quantitative estimate of drug-likeness (QED) is 0.333. The Morgan fingerprint density at radius 2 is 1.45 bits per heavy atom. The van der Waals surface area contributed by atoms with Gasteiger partial charge in [0.25, 0.3) is 0 Å². The Labute approximate surface area is 194 Å². The first-order valence-corrected chi connectivity index (χ1v) is 10.9. The van der Waals surface area contributed by atoms with Gasteiger partial charge in [-0.05, 0) is 75.2 Å². The lowest BCUT2D eigenvalue weighted by molar-refractivity contribution is 0.313. The van der Waals surface area contributed by atoms with Gasteiger partial charge in [-0.25, -0.2) is 0 Å². The summed E-state index contributed by atoms with van der Waals surface area (Å²) in [4.78, 5) is 0. The molecule has 6 nitrogen and oxygen atoms in total. The number of aromatic hydroxyl groups is 3. The zero-order valence-electron chi connectivity index (χ0n) is 19.4. The van der Waals surface area contributed by atoms with Gasteiger partial charge in [-0.15, -0.1) is 0 Å². The monoisotopic (exact) mass is 450 g/mol. The molecule has 3 aromatic rings. The summed E-state index contributed by atoms with van der Waals surface area (Å²) < 4.78 is 17.3. The molecule has 0 saturated carbocycles. The second-order valence-electron chi connectivity index (χ2n) is 7.66. The average Bonchev–Trinajstić information content (AvgIpc) is 2.77. The Kier molecular flexibility index (Phi) is 7.72. The van der Waals surface area contributed by atoms with E-state index < -0.39 is 0 Å². The van der Waals surface area contributed by atoms with E-state index >= 15 is 0 Å². The fourth-order valence-electron chi connectivity index (χ4n) is 3.41. The number of allylic oxidation sites excluding steroid dienone is 1. The Morgan fingerprint density at radius 3 is 2.06 bits per heavy atom. The van der Waals surface area contributed by atoms with Gasteiger partial charge in [0.2, 0.25) is 0 Å². The predicted molar refractivity (Wildman–Crippen MR) is 130 cm³/mol. The van der Waals surface area contributed by atoms with Gasteiger partial charge in [-0.2, -0.15) is 0 Å². The molecule has 0 unspecified atom stereocenters. The van der Waals surface area contributed by atoms with E-state index in [2.05, 4.69) is 0 Å². The van der Waals surface area contributed by atoms with Gasteiger partial charge in [0, 0.05) is 5.56 Å². The summed E-state index contributed by atoms with van der Waals surface area (Å²) in [6.45, 7) is 8.71. The van der Waals surface area contributed by atoms with Crippen molar-refractivity contribution in [3.05, 3.63) is 60.2 Å². The second kappa shape index (κ2) is 10.7. The maximum Gasteiger partial charge on any atom is 0.170 e. The molecule has 3 N–H and O–H groups in total. The first-order valence-electron chi connectivity index (χ1n) is 10.9. The van der Waals surface area contributed by atoms with E-state index in [9.17, 15) is 15.3 Å². The fourth-order valence-corrected chi connectivity index (χ4v) is 3.41. The highest BCUT2D eigenvalue weighted by molar-refractivity contribution is 5.88. The standard InChI is InChI=1S/C27H30O6/c1-5-31-24-16-21(18-7-10-20(28)11-8-18)27(32-6-2)26(30)25(24)19-9-12-23(22(29)15-19)33-14-13-17(3)4/h7-13,15-16,28-30H,5-6,14H2,1-4H3. The predicted octanol–water partition coefficient (Wildman–Crippen LogP) is 6.28. The molecule has 0 aliphatic heterocycles. The lowest BCUT2D eigenvalue weighted by Gasteiger charge is -2.20. The molecule has 3 rings (SSSR count). The van der Waals surface area contributed by atoms with Crippen LogP contribution in [0.2, 0.25) is 0 Å². The van der Waals surface area contributed by atoms with E-state index in [4.69, 9.17) is 14.2 Å². The first-order chi connectivity index (χ1) is 15.8. The minimum Gasteiger partial charge on any atom is -0.508 e. The number of ether oxygens (including phenoxy) is 3. The Bertz CT molecular complexity index is 1130. The summed E-state index contributed by atoms with van der Waals surface area (Å²) in [6, 6.07) is 13.4. The molecule has 0 saturated heterocycles. The smallest absolute Gasteiger partial charge is 0.170 e. The molecule has 0 amide bonds. The van der Waals surface area contributed by atoms with Gasteiger partial charge in [0.1, 0.15) is 18.1 Å². The number of hydrogen-bond donors (Lipinski definition) is 3. The van der Waals surface area contributed by atoms with Crippen LogP contribution in [0.3, 0.4) is 0 Å². The maximum atomic E-state index is 11.3. The van der Waals surface area contributed by atoms with Crippen LogP contribution in [-0.2, 0) is 0 Å². The van der Waals surface area contributed by atoms with Crippen LogP contribution >= 0.6 is 0 Å². The van der Waals surface area contributed by atoms with E-state index in [0.29, 0.717) is 53.8 Å². The summed E-state index contributed by atoms with van der Waals surface area (Å²) in [5.41, 5.74) is 3.47. The molecule has 0 aliphatic rings. The maximum absolute atomic E-state index is 11.3. The van der Waals surface area contributed by atoms with E-state index in [0.717, 1.165) is 11.1 Å². The summed E-state index contributed by atoms with van der Waals surface area (Å²) in [5.74, 6) is 1.09. The molecule has 0 bridgehead atoms. The summed E-state index contributed by atoms with van der Waals surface area (Å²) >= 11 is 0. The van der Waals surface area contributed by atoms with E-state index in [-0.39, 0.29) is 17.2 Å². The fraction of sp³-hybridized carbons (Fsp3) is 0.259. The molecule has 3 aromatic carbocycles. The first kappa shape index (κ1) is 23.9. The number of phenols is 3. The molecule has 6 heteroatoms. The number of phenolic OH excluding ortho intramolecular Hbond substituents is 3. The highest BCUT2D eigenvalue weighted by Gasteiger charge is 2.23. The van der Waals surface area contributed by atoms with Crippen molar-refractivity contribution in [2.45, 2.75) is 27.7 Å². The summed E-state index contributed by atoms with van der Waals surface area (Å²) in [6.07, 6.45) is 1.92. The molecule has 0 spiro atoms. The van der Waals surface area contributed by atoms with Crippen molar-refractivity contribution in [3.63, 3.8) is 0 Å². The van der Waals surface area contributed by atoms with Crippen LogP contribution in [0.1, 0.15) is 27.7 Å². The summed E-state index contributed by atoms with van der Waals surface area (Å²) in [5, 5.41) is 31.5. The van der Waals surface area contributed by atoms with Crippen molar-refractivity contribution >= 4 is 0 Å². The van der Waals surface area contributed by atoms with Crippen molar-refractivity contribution in [1.82, 2.24) is 0 Å². The minimum absolute atomic E-state index is 0.0444. The van der Waals surface area contributed by atoms with Crippen molar-refractivity contribution in [2.24, 2.45) is 0 Å². The van der Waals surface area contributed by atoms with Gasteiger partial charge >= 0.3 is 0 Å². The highest BCUT2D eigenvalue weighted by Crippen LogP contribution is 2.50. The Morgan fingerprint density at radius 1 is 0.788 bits per heavy atom. The van der Waals surface area contributed by atoms with Crippen LogP contribution in [0.4, 0.5) is 0 Å². The van der Waals surface area contributed by atoms with Gasteiger partial charge in [-0.1, -0.05) is 23.8 Å². The van der Waals surface area contributed by atoms with E-state index in [1.807, 2.05) is 33.8 Å². The molecule has 0 aliphatic carbocycles. The topological polar surface area (TPSA) is 88.4 Å². The molecule has 0 atom stereocenters. The third-order valence-corrected chi connectivity index (χ3v) is 4.96. The van der Waals surface area contributed by atoms with Crippen LogP contribution in [0, 0.1) is 0 Å². The van der Waals surface area contributed by atoms with Crippen LogP contribution in [0.25, 0.3) is 22.3 Å². The van der Waals surface area contributed by atoms with Crippen LogP contribution in [-0.4, -0.2) is 35.1 Å².